The molecule has 1 saturated carbocycles. The highest BCUT2D eigenvalue weighted by Gasteiger charge is 2.22. The second-order valence-electron chi connectivity index (χ2n) is 4.98. The van der Waals surface area contributed by atoms with Gasteiger partial charge in [0.2, 0.25) is 0 Å². The van der Waals surface area contributed by atoms with Crippen LogP contribution >= 0.6 is 0 Å². The molecule has 108 valence electrons. The molecule has 0 aliphatic heterocycles. The normalized spacial score (nSPS) is 16.4. The Balaban J connectivity index is 2.24. The van der Waals surface area contributed by atoms with Crippen LogP contribution in [0.1, 0.15) is 48.9 Å². The molecule has 0 heterocycles. The molecule has 6 nitrogen and oxygen atoms in total. The summed E-state index contributed by atoms with van der Waals surface area (Å²) in [5, 5.41) is 20.0. The first-order chi connectivity index (χ1) is 9.58. The van der Waals surface area contributed by atoms with Gasteiger partial charge in [0, 0.05) is 12.1 Å². The number of aromatic carboxylic acids is 1. The monoisotopic (exact) mass is 279 g/mol. The van der Waals surface area contributed by atoms with E-state index in [4.69, 9.17) is 9.84 Å². The van der Waals surface area contributed by atoms with E-state index in [1.807, 2.05) is 0 Å². The maximum Gasteiger partial charge on any atom is 0.335 e. The van der Waals surface area contributed by atoms with Gasteiger partial charge in [-0.15, -0.1) is 0 Å². The van der Waals surface area contributed by atoms with Gasteiger partial charge in [-0.25, -0.2) is 4.79 Å². The van der Waals surface area contributed by atoms with Crippen molar-refractivity contribution in [3.8, 4) is 5.75 Å². The number of nitrogens with zero attached hydrogens (tertiary/aromatic N) is 1. The summed E-state index contributed by atoms with van der Waals surface area (Å²) in [7, 11) is 0. The Bertz CT molecular complexity index is 506. The Kier molecular flexibility index (Phi) is 4.55. The van der Waals surface area contributed by atoms with Crippen LogP contribution in [0.25, 0.3) is 0 Å². The molecule has 0 atom stereocenters. The van der Waals surface area contributed by atoms with Crippen LogP contribution in [-0.2, 0) is 0 Å². The number of nitro benzene ring substituents is 1. The lowest BCUT2D eigenvalue weighted by Crippen LogP contribution is -2.16. The molecule has 0 saturated heterocycles. The Hall–Kier alpha value is -2.11. The van der Waals surface area contributed by atoms with Crippen LogP contribution in [0.3, 0.4) is 0 Å². The van der Waals surface area contributed by atoms with Gasteiger partial charge in [-0.3, -0.25) is 10.1 Å². The van der Waals surface area contributed by atoms with Gasteiger partial charge in [-0.2, -0.15) is 0 Å². The molecule has 0 bridgehead atoms. The van der Waals surface area contributed by atoms with Crippen molar-refractivity contribution in [1.29, 1.82) is 0 Å². The topological polar surface area (TPSA) is 89.7 Å². The van der Waals surface area contributed by atoms with Gasteiger partial charge >= 0.3 is 11.7 Å². The van der Waals surface area contributed by atoms with E-state index in [-0.39, 0.29) is 23.1 Å². The lowest BCUT2D eigenvalue weighted by molar-refractivity contribution is -0.386. The largest absolute Gasteiger partial charge is 0.483 e. The van der Waals surface area contributed by atoms with Crippen molar-refractivity contribution in [3.05, 3.63) is 33.9 Å². The summed E-state index contributed by atoms with van der Waals surface area (Å²) in [6.45, 7) is 0. The number of rotatable bonds is 4. The molecular weight excluding hydrogens is 262 g/mol. The molecule has 1 aromatic rings. The summed E-state index contributed by atoms with van der Waals surface area (Å²) in [6, 6.07) is 3.65. The highest BCUT2D eigenvalue weighted by molar-refractivity contribution is 5.88. The van der Waals surface area contributed by atoms with Crippen molar-refractivity contribution in [2.45, 2.75) is 44.6 Å². The first-order valence-electron chi connectivity index (χ1n) is 6.76. The molecule has 0 amide bonds. The SMILES string of the molecule is O=C(O)c1ccc([N+](=O)[O-])c(OC2CCCCCC2)c1. The minimum Gasteiger partial charge on any atom is -0.483 e. The third-order valence-electron chi connectivity index (χ3n) is 3.50. The summed E-state index contributed by atoms with van der Waals surface area (Å²) in [5.74, 6) is -1.06. The standard InChI is InChI=1S/C14H17NO5/c16-14(17)10-7-8-12(15(18)19)13(9-10)20-11-5-3-1-2-4-6-11/h7-9,11H,1-6H2,(H,16,17). The van der Waals surface area contributed by atoms with Crippen molar-refractivity contribution in [3.63, 3.8) is 0 Å². The highest BCUT2D eigenvalue weighted by atomic mass is 16.6. The lowest BCUT2D eigenvalue weighted by atomic mass is 10.1. The van der Waals surface area contributed by atoms with Crippen molar-refractivity contribution >= 4 is 11.7 Å². The van der Waals surface area contributed by atoms with Crippen LogP contribution in [0.4, 0.5) is 5.69 Å². The van der Waals surface area contributed by atoms with E-state index < -0.39 is 10.9 Å². The molecule has 1 fully saturated rings. The Labute approximate surface area is 116 Å². The number of hydrogen-bond donors (Lipinski definition) is 1. The molecule has 20 heavy (non-hydrogen) atoms. The van der Waals surface area contributed by atoms with Crippen LogP contribution in [-0.4, -0.2) is 22.1 Å². The zero-order valence-electron chi connectivity index (χ0n) is 11.1. The molecule has 1 aliphatic carbocycles. The van der Waals surface area contributed by atoms with Gasteiger partial charge in [0.15, 0.2) is 5.75 Å². The van der Waals surface area contributed by atoms with E-state index in [9.17, 15) is 14.9 Å². The second-order valence-corrected chi connectivity index (χ2v) is 4.98. The number of carboxylic acids is 1. The van der Waals surface area contributed by atoms with Crippen molar-refractivity contribution in [2.75, 3.05) is 0 Å². The van der Waals surface area contributed by atoms with Gasteiger partial charge in [-0.05, 0) is 31.7 Å². The third kappa shape index (κ3) is 3.46. The third-order valence-corrected chi connectivity index (χ3v) is 3.50. The Morgan fingerprint density at radius 3 is 2.45 bits per heavy atom. The molecule has 0 unspecified atom stereocenters. The van der Waals surface area contributed by atoms with Gasteiger partial charge < -0.3 is 9.84 Å². The number of benzene rings is 1. The zero-order chi connectivity index (χ0) is 14.5. The van der Waals surface area contributed by atoms with E-state index in [2.05, 4.69) is 0 Å². The maximum absolute atomic E-state index is 11.0. The van der Waals surface area contributed by atoms with Gasteiger partial charge in [0.25, 0.3) is 0 Å². The summed E-state index contributed by atoms with van der Waals surface area (Å²) >= 11 is 0. The van der Waals surface area contributed by atoms with Crippen LogP contribution in [0.5, 0.6) is 5.75 Å². The van der Waals surface area contributed by atoms with E-state index in [0.717, 1.165) is 38.5 Å². The van der Waals surface area contributed by atoms with Gasteiger partial charge in [0.05, 0.1) is 16.6 Å². The minimum absolute atomic E-state index is 0.000720. The average molecular weight is 279 g/mol. The lowest BCUT2D eigenvalue weighted by Gasteiger charge is -2.17. The summed E-state index contributed by atoms with van der Waals surface area (Å²) in [6.07, 6.45) is 6.02. The zero-order valence-corrected chi connectivity index (χ0v) is 11.1. The van der Waals surface area contributed by atoms with Crippen LogP contribution in [0.2, 0.25) is 0 Å². The maximum atomic E-state index is 11.0. The Morgan fingerprint density at radius 1 is 1.25 bits per heavy atom. The molecule has 0 spiro atoms. The summed E-state index contributed by atoms with van der Waals surface area (Å²) < 4.78 is 5.71. The number of hydrogen-bond acceptors (Lipinski definition) is 4. The molecular formula is C14H17NO5. The molecule has 1 N–H and O–H groups in total. The predicted molar refractivity (Wildman–Crippen MR) is 72.2 cm³/mol. The smallest absolute Gasteiger partial charge is 0.335 e. The first-order valence-corrected chi connectivity index (χ1v) is 6.76. The van der Waals surface area contributed by atoms with Crippen LogP contribution < -0.4 is 4.74 Å². The van der Waals surface area contributed by atoms with Crippen molar-refractivity contribution in [1.82, 2.24) is 0 Å². The van der Waals surface area contributed by atoms with E-state index in [1.54, 1.807) is 0 Å². The summed E-state index contributed by atoms with van der Waals surface area (Å²) in [5.41, 5.74) is -0.182. The fourth-order valence-corrected chi connectivity index (χ4v) is 2.43. The van der Waals surface area contributed by atoms with Gasteiger partial charge in [0.1, 0.15) is 0 Å². The number of carboxylic acid groups (broad SMARTS) is 1. The molecule has 0 aromatic heterocycles. The van der Waals surface area contributed by atoms with Crippen LogP contribution in [0.15, 0.2) is 18.2 Å². The summed E-state index contributed by atoms with van der Waals surface area (Å²) in [4.78, 5) is 21.4. The fraction of sp³-hybridized carbons (Fsp3) is 0.500. The van der Waals surface area contributed by atoms with Gasteiger partial charge in [-0.1, -0.05) is 12.8 Å². The number of ether oxygens (including phenoxy) is 1. The van der Waals surface area contributed by atoms with E-state index in [0.29, 0.717) is 0 Å². The first kappa shape index (κ1) is 14.3. The Morgan fingerprint density at radius 2 is 1.90 bits per heavy atom. The quantitative estimate of drug-likeness (QED) is 0.518. The molecule has 1 aromatic carbocycles. The number of nitro groups is 1. The average Bonchev–Trinajstić information content (AvgIpc) is 2.67. The molecule has 6 heteroatoms. The fourth-order valence-electron chi connectivity index (χ4n) is 2.43. The molecule has 1 aliphatic rings. The second kappa shape index (κ2) is 6.36. The van der Waals surface area contributed by atoms with Crippen LogP contribution in [0, 0.1) is 10.1 Å². The van der Waals surface area contributed by atoms with Crippen molar-refractivity contribution in [2.24, 2.45) is 0 Å². The number of carbonyl (C=O) groups is 1. The highest BCUT2D eigenvalue weighted by Crippen LogP contribution is 2.31. The van der Waals surface area contributed by atoms with E-state index in [1.165, 1.54) is 18.2 Å². The predicted octanol–water partition coefficient (Wildman–Crippen LogP) is 3.39. The van der Waals surface area contributed by atoms with Crippen molar-refractivity contribution < 1.29 is 19.6 Å². The molecule has 0 radical (unpaired) electrons. The molecule has 2 rings (SSSR count). The van der Waals surface area contributed by atoms with E-state index >= 15 is 0 Å². The minimum atomic E-state index is -1.12.